The lowest BCUT2D eigenvalue weighted by Gasteiger charge is -2.17. The molecule has 4 heterocycles. The Morgan fingerprint density at radius 2 is 0.982 bits per heavy atom. The minimum atomic E-state index is 0.681. The van der Waals surface area contributed by atoms with Crippen LogP contribution in [0.15, 0.2) is 192 Å². The van der Waals surface area contributed by atoms with E-state index in [9.17, 15) is 0 Å². The number of benzene rings is 8. The molecular formula is C50H31N5O. The quantitative estimate of drug-likeness (QED) is 0.178. The van der Waals surface area contributed by atoms with Crippen LogP contribution < -0.4 is 0 Å². The highest BCUT2D eigenvalue weighted by atomic mass is 16.3. The first kappa shape index (κ1) is 30.7. The van der Waals surface area contributed by atoms with Crippen molar-refractivity contribution in [2.45, 2.75) is 0 Å². The number of hydrogen-bond donors (Lipinski definition) is 0. The van der Waals surface area contributed by atoms with Crippen LogP contribution in [-0.2, 0) is 0 Å². The molecule has 0 N–H and O–H groups in total. The van der Waals surface area contributed by atoms with Gasteiger partial charge in [-0.2, -0.15) is 0 Å². The lowest BCUT2D eigenvalue weighted by atomic mass is 10.1. The molecule has 0 radical (unpaired) electrons. The van der Waals surface area contributed by atoms with Gasteiger partial charge in [0.1, 0.15) is 11.2 Å². The van der Waals surface area contributed by atoms with Crippen LogP contribution in [0.4, 0.5) is 0 Å². The summed E-state index contributed by atoms with van der Waals surface area (Å²) in [6.45, 7) is 0. The second-order valence-corrected chi connectivity index (χ2v) is 14.2. The van der Waals surface area contributed by atoms with Gasteiger partial charge in [0.2, 0.25) is 0 Å². The third-order valence-electron chi connectivity index (χ3n) is 11.1. The zero-order valence-corrected chi connectivity index (χ0v) is 30.0. The molecule has 12 rings (SSSR count). The molecule has 6 heteroatoms. The first-order valence-electron chi connectivity index (χ1n) is 18.8. The van der Waals surface area contributed by atoms with E-state index >= 15 is 0 Å². The summed E-state index contributed by atoms with van der Waals surface area (Å²) in [4.78, 5) is 5.11. The predicted molar refractivity (Wildman–Crippen MR) is 228 cm³/mol. The second-order valence-electron chi connectivity index (χ2n) is 14.2. The molecule has 0 aliphatic rings. The molecule has 4 aromatic heterocycles. The Morgan fingerprint density at radius 3 is 1.75 bits per heavy atom. The van der Waals surface area contributed by atoms with E-state index in [2.05, 4.69) is 155 Å². The Labute approximate surface area is 320 Å². The monoisotopic (exact) mass is 717 g/mol. The molecule has 0 atom stereocenters. The molecule has 8 aromatic carbocycles. The van der Waals surface area contributed by atoms with Crippen LogP contribution in [0.5, 0.6) is 0 Å². The van der Waals surface area contributed by atoms with Gasteiger partial charge in [0.25, 0.3) is 0 Å². The van der Waals surface area contributed by atoms with E-state index in [0.717, 1.165) is 94.2 Å². The maximum absolute atomic E-state index is 6.64. The predicted octanol–water partition coefficient (Wildman–Crippen LogP) is 12.7. The van der Waals surface area contributed by atoms with Gasteiger partial charge in [-0.25, -0.2) is 9.67 Å². The van der Waals surface area contributed by atoms with Crippen LogP contribution in [0.3, 0.4) is 0 Å². The minimum absolute atomic E-state index is 0.681. The minimum Gasteiger partial charge on any atom is -0.455 e. The Bertz CT molecular complexity index is 3480. The molecule has 0 fully saturated rings. The van der Waals surface area contributed by atoms with Crippen molar-refractivity contribution in [2.24, 2.45) is 0 Å². The normalized spacial score (nSPS) is 11.9. The second kappa shape index (κ2) is 11.9. The summed E-state index contributed by atoms with van der Waals surface area (Å²) in [5.74, 6) is 1.47. The average Bonchev–Trinajstić information content (AvgIpc) is 4.04. The smallest absolute Gasteiger partial charge is 0.182 e. The number of aromatic nitrogens is 5. The molecule has 0 spiro atoms. The molecule has 0 bridgehead atoms. The summed E-state index contributed by atoms with van der Waals surface area (Å²) < 4.78 is 13.4. The van der Waals surface area contributed by atoms with E-state index in [4.69, 9.17) is 14.5 Å². The molecule has 0 amide bonds. The average molecular weight is 718 g/mol. The highest BCUT2D eigenvalue weighted by molar-refractivity contribution is 6.24. The Kier molecular flexibility index (Phi) is 6.53. The van der Waals surface area contributed by atoms with Gasteiger partial charge in [0.05, 0.1) is 44.5 Å². The topological polar surface area (TPSA) is 53.7 Å². The highest BCUT2D eigenvalue weighted by Crippen LogP contribution is 2.43. The zero-order valence-electron chi connectivity index (χ0n) is 30.0. The number of nitrogens with zero attached hydrogens (tertiary/aromatic N) is 5. The van der Waals surface area contributed by atoms with Crippen LogP contribution in [0.25, 0.3) is 105 Å². The standard InChI is InChI=1S/C50H31N5O/c1-3-15-32(16-4-1)49-51-50(33-17-5-2-6-18-33)55(52-49)34-27-28-36-35-19-7-10-22-40(35)54(45(36)31-34)43-25-13-12-24-42(43)53-41-23-11-8-21-39(41)47-44(53)30-29-38-37-20-9-14-26-46(37)56-48(38)47/h1-31H. The summed E-state index contributed by atoms with van der Waals surface area (Å²) in [5, 5.41) is 12.0. The summed E-state index contributed by atoms with van der Waals surface area (Å²) in [6.07, 6.45) is 0. The first-order valence-corrected chi connectivity index (χ1v) is 18.8. The highest BCUT2D eigenvalue weighted by Gasteiger charge is 2.23. The molecule has 0 unspecified atom stereocenters. The summed E-state index contributed by atoms with van der Waals surface area (Å²) in [6, 6.07) is 65.9. The Morgan fingerprint density at radius 1 is 0.411 bits per heavy atom. The third kappa shape index (κ3) is 4.44. The fourth-order valence-corrected chi connectivity index (χ4v) is 8.66. The molecule has 0 aliphatic carbocycles. The van der Waals surface area contributed by atoms with E-state index in [0.29, 0.717) is 5.82 Å². The van der Waals surface area contributed by atoms with Gasteiger partial charge >= 0.3 is 0 Å². The van der Waals surface area contributed by atoms with Crippen LogP contribution in [0.2, 0.25) is 0 Å². The largest absolute Gasteiger partial charge is 0.455 e. The number of fused-ring (bicyclic) bond motifs is 10. The van der Waals surface area contributed by atoms with E-state index in [-0.39, 0.29) is 0 Å². The van der Waals surface area contributed by atoms with Crippen molar-refractivity contribution >= 4 is 65.6 Å². The fourth-order valence-electron chi connectivity index (χ4n) is 8.66. The number of rotatable bonds is 5. The van der Waals surface area contributed by atoms with Crippen molar-refractivity contribution in [3.63, 3.8) is 0 Å². The van der Waals surface area contributed by atoms with Crippen LogP contribution in [0, 0.1) is 0 Å². The number of para-hydroxylation sites is 5. The molecule has 0 saturated heterocycles. The Hall–Kier alpha value is -7.70. The van der Waals surface area contributed by atoms with E-state index < -0.39 is 0 Å². The van der Waals surface area contributed by atoms with Crippen LogP contribution >= 0.6 is 0 Å². The number of furan rings is 1. The van der Waals surface area contributed by atoms with Crippen molar-refractivity contribution in [3.8, 4) is 39.8 Å². The van der Waals surface area contributed by atoms with Crippen molar-refractivity contribution in [3.05, 3.63) is 188 Å². The van der Waals surface area contributed by atoms with Crippen molar-refractivity contribution in [1.29, 1.82) is 0 Å². The SMILES string of the molecule is c1ccc(-c2nc(-c3ccccc3)n(-c3ccc4c5ccccc5n(-c5ccccc5-n5c6ccccc6c6c7oc8ccccc8c7ccc65)c4c3)n2)cc1. The van der Waals surface area contributed by atoms with E-state index in [1.165, 1.54) is 5.39 Å². The maximum Gasteiger partial charge on any atom is 0.182 e. The third-order valence-corrected chi connectivity index (χ3v) is 11.1. The van der Waals surface area contributed by atoms with E-state index in [1.54, 1.807) is 0 Å². The van der Waals surface area contributed by atoms with Gasteiger partial charge in [0, 0.05) is 38.1 Å². The summed E-state index contributed by atoms with van der Waals surface area (Å²) in [5.41, 5.74) is 11.2. The van der Waals surface area contributed by atoms with Gasteiger partial charge in [-0.1, -0.05) is 133 Å². The van der Waals surface area contributed by atoms with Gasteiger partial charge in [0.15, 0.2) is 11.6 Å². The molecule has 262 valence electrons. The van der Waals surface area contributed by atoms with Crippen molar-refractivity contribution < 1.29 is 4.42 Å². The Balaban J connectivity index is 1.13. The lowest BCUT2D eigenvalue weighted by Crippen LogP contribution is -2.04. The van der Waals surface area contributed by atoms with E-state index in [1.807, 2.05) is 47.1 Å². The number of hydrogen-bond acceptors (Lipinski definition) is 3. The van der Waals surface area contributed by atoms with Gasteiger partial charge in [-0.05, 0) is 54.6 Å². The van der Waals surface area contributed by atoms with Gasteiger partial charge in [-0.3, -0.25) is 0 Å². The molecule has 0 aliphatic heterocycles. The van der Waals surface area contributed by atoms with Gasteiger partial charge < -0.3 is 13.6 Å². The lowest BCUT2D eigenvalue weighted by molar-refractivity contribution is 0.673. The fraction of sp³-hybridized carbons (Fsp3) is 0. The van der Waals surface area contributed by atoms with Crippen molar-refractivity contribution in [1.82, 2.24) is 23.9 Å². The zero-order chi connectivity index (χ0) is 36.7. The summed E-state index contributed by atoms with van der Waals surface area (Å²) >= 11 is 0. The summed E-state index contributed by atoms with van der Waals surface area (Å²) in [7, 11) is 0. The maximum atomic E-state index is 6.64. The molecule has 56 heavy (non-hydrogen) atoms. The molecular weight excluding hydrogens is 687 g/mol. The van der Waals surface area contributed by atoms with Crippen LogP contribution in [0.1, 0.15) is 0 Å². The molecule has 0 saturated carbocycles. The van der Waals surface area contributed by atoms with Crippen LogP contribution in [-0.4, -0.2) is 23.9 Å². The first-order chi connectivity index (χ1) is 27.8. The van der Waals surface area contributed by atoms with Gasteiger partial charge in [-0.15, -0.1) is 5.10 Å². The molecule has 6 nitrogen and oxygen atoms in total. The van der Waals surface area contributed by atoms with Crippen molar-refractivity contribution in [2.75, 3.05) is 0 Å². The molecule has 12 aromatic rings.